The molecule has 0 saturated carbocycles. The minimum atomic E-state index is -3.10. The second-order valence-corrected chi connectivity index (χ2v) is 10.5. The van der Waals surface area contributed by atoms with E-state index in [4.69, 9.17) is 26.2 Å². The van der Waals surface area contributed by atoms with Gasteiger partial charge < -0.3 is 14.8 Å². The van der Waals surface area contributed by atoms with Crippen LogP contribution in [-0.2, 0) is 34.8 Å². The predicted molar refractivity (Wildman–Crippen MR) is 131 cm³/mol. The summed E-state index contributed by atoms with van der Waals surface area (Å²) < 4.78 is 40.1. The Labute approximate surface area is 214 Å². The molecular formula is C26H32ClF2N3O4. The number of rotatable bonds is 7. The van der Waals surface area contributed by atoms with Gasteiger partial charge in [0.15, 0.2) is 0 Å². The molecule has 10 heteroatoms. The van der Waals surface area contributed by atoms with Gasteiger partial charge in [0.2, 0.25) is 0 Å². The lowest BCUT2D eigenvalue weighted by Gasteiger charge is -2.36. The highest BCUT2D eigenvalue weighted by atomic mass is 35.5. The van der Waals surface area contributed by atoms with Crippen molar-refractivity contribution in [1.29, 1.82) is 0 Å². The number of benzene rings is 1. The predicted octanol–water partition coefficient (Wildman–Crippen LogP) is 4.79. The van der Waals surface area contributed by atoms with Gasteiger partial charge in [0.1, 0.15) is 0 Å². The average Bonchev–Trinajstić information content (AvgIpc) is 3.10. The van der Waals surface area contributed by atoms with Gasteiger partial charge in [-0.2, -0.15) is 5.10 Å². The Morgan fingerprint density at radius 3 is 2.72 bits per heavy atom. The summed E-state index contributed by atoms with van der Waals surface area (Å²) in [4.78, 5) is 25.5. The molecule has 1 atom stereocenters. The number of aryl methyl sites for hydroxylation is 1. The molecule has 4 rings (SSSR count). The van der Waals surface area contributed by atoms with Crippen molar-refractivity contribution in [1.82, 2.24) is 15.1 Å². The number of amides is 1. The maximum Gasteiger partial charge on any atom is 0.338 e. The van der Waals surface area contributed by atoms with Crippen LogP contribution in [0.3, 0.4) is 0 Å². The molecule has 36 heavy (non-hydrogen) atoms. The monoisotopic (exact) mass is 523 g/mol. The van der Waals surface area contributed by atoms with Crippen molar-refractivity contribution >= 4 is 23.5 Å². The molecular weight excluding hydrogens is 492 g/mol. The molecule has 1 aromatic heterocycles. The van der Waals surface area contributed by atoms with Gasteiger partial charge in [0.25, 0.3) is 11.8 Å². The molecule has 1 N–H and O–H groups in total. The van der Waals surface area contributed by atoms with Crippen LogP contribution in [-0.4, -0.2) is 48.0 Å². The van der Waals surface area contributed by atoms with E-state index in [9.17, 15) is 18.4 Å². The number of carbonyl (C=O) groups excluding carboxylic acids is 2. The SMILES string of the molecule is CCc1nn(C[C@@H](C)COC(=O)c2ccc(C(C)(F)F)c(Cl)c2)c2c1C(=O)NCC1(CCOCC1)C2. The summed E-state index contributed by atoms with van der Waals surface area (Å²) in [6.07, 6.45) is 3.11. The lowest BCUT2D eigenvalue weighted by atomic mass is 9.76. The molecule has 1 fully saturated rings. The summed E-state index contributed by atoms with van der Waals surface area (Å²) in [6, 6.07) is 3.64. The van der Waals surface area contributed by atoms with E-state index < -0.39 is 11.9 Å². The number of halogens is 3. The fourth-order valence-corrected chi connectivity index (χ4v) is 5.32. The quantitative estimate of drug-likeness (QED) is 0.528. The first-order valence-corrected chi connectivity index (χ1v) is 12.7. The Morgan fingerprint density at radius 1 is 1.36 bits per heavy atom. The van der Waals surface area contributed by atoms with Gasteiger partial charge in [0.05, 0.1) is 34.1 Å². The molecule has 1 aromatic carbocycles. The Hall–Kier alpha value is -2.52. The first kappa shape index (κ1) is 26.5. The molecule has 1 spiro atoms. The number of hydrogen-bond acceptors (Lipinski definition) is 5. The maximum absolute atomic E-state index is 13.6. The molecule has 0 radical (unpaired) electrons. The number of nitrogens with one attached hydrogen (secondary N) is 1. The van der Waals surface area contributed by atoms with E-state index in [0.717, 1.165) is 43.6 Å². The van der Waals surface area contributed by atoms with Gasteiger partial charge in [0, 0.05) is 44.7 Å². The van der Waals surface area contributed by atoms with Crippen molar-refractivity contribution in [3.8, 4) is 0 Å². The fraction of sp³-hybridized carbons (Fsp3) is 0.577. The highest BCUT2D eigenvalue weighted by Crippen LogP contribution is 2.37. The molecule has 1 amide bonds. The summed E-state index contributed by atoms with van der Waals surface area (Å²) in [6.45, 7) is 7.20. The molecule has 2 aromatic rings. The van der Waals surface area contributed by atoms with E-state index in [1.54, 1.807) is 0 Å². The summed E-state index contributed by atoms with van der Waals surface area (Å²) in [5.41, 5.74) is 2.06. The van der Waals surface area contributed by atoms with Gasteiger partial charge in [-0.05, 0) is 43.2 Å². The zero-order valence-corrected chi connectivity index (χ0v) is 21.6. The number of ether oxygens (including phenoxy) is 2. The molecule has 7 nitrogen and oxygen atoms in total. The highest BCUT2D eigenvalue weighted by molar-refractivity contribution is 6.31. The van der Waals surface area contributed by atoms with Crippen LogP contribution < -0.4 is 5.32 Å². The van der Waals surface area contributed by atoms with Crippen molar-refractivity contribution in [2.75, 3.05) is 26.4 Å². The molecule has 196 valence electrons. The van der Waals surface area contributed by atoms with Gasteiger partial charge in [-0.1, -0.05) is 31.5 Å². The van der Waals surface area contributed by atoms with E-state index in [2.05, 4.69) is 5.32 Å². The lowest BCUT2D eigenvalue weighted by Crippen LogP contribution is -2.41. The van der Waals surface area contributed by atoms with Gasteiger partial charge >= 0.3 is 5.97 Å². The van der Waals surface area contributed by atoms with Crippen LogP contribution in [0.25, 0.3) is 0 Å². The number of hydrogen-bond donors (Lipinski definition) is 1. The third kappa shape index (κ3) is 5.57. The molecule has 1 saturated heterocycles. The zero-order valence-electron chi connectivity index (χ0n) is 20.8. The third-order valence-corrected chi connectivity index (χ3v) is 7.39. The third-order valence-electron chi connectivity index (χ3n) is 7.07. The number of nitrogens with zero attached hydrogens (tertiary/aromatic N) is 2. The minimum Gasteiger partial charge on any atom is -0.462 e. The number of aromatic nitrogens is 2. The number of esters is 1. The highest BCUT2D eigenvalue weighted by Gasteiger charge is 2.39. The minimum absolute atomic E-state index is 0.0572. The van der Waals surface area contributed by atoms with Crippen LogP contribution in [0.1, 0.15) is 71.3 Å². The molecule has 3 heterocycles. The Morgan fingerprint density at radius 2 is 2.08 bits per heavy atom. The molecule has 2 aliphatic rings. The van der Waals surface area contributed by atoms with Crippen molar-refractivity contribution < 1.29 is 27.8 Å². The van der Waals surface area contributed by atoms with Crippen LogP contribution in [0.15, 0.2) is 18.2 Å². The van der Waals surface area contributed by atoms with Crippen molar-refractivity contribution in [2.45, 2.75) is 58.9 Å². The second-order valence-electron chi connectivity index (χ2n) is 10.1. The van der Waals surface area contributed by atoms with Crippen LogP contribution in [0.4, 0.5) is 8.78 Å². The lowest BCUT2D eigenvalue weighted by molar-refractivity contribution is 0.0150. The number of alkyl halides is 2. The molecule has 0 unspecified atom stereocenters. The van der Waals surface area contributed by atoms with Crippen molar-refractivity contribution in [2.24, 2.45) is 11.3 Å². The Kier molecular flexibility index (Phi) is 7.71. The second kappa shape index (κ2) is 10.5. The first-order valence-electron chi connectivity index (χ1n) is 12.3. The van der Waals surface area contributed by atoms with Gasteiger partial charge in [-0.25, -0.2) is 13.6 Å². The molecule has 2 aliphatic heterocycles. The van der Waals surface area contributed by atoms with E-state index in [1.807, 2.05) is 18.5 Å². The Bertz CT molecular complexity index is 1140. The standard InChI is InChI=1S/C26H32ClF2N3O4/c1-4-20-22-21(12-26(15-30-23(22)33)7-9-35-10-8-26)32(31-20)13-16(2)14-36-24(34)17-5-6-18(19(27)11-17)25(3,28)29/h5-6,11,16H,4,7-10,12-15H2,1-3H3,(H,30,33)/t16-/m1/s1. The van der Waals surface area contributed by atoms with E-state index in [-0.39, 0.29) is 40.0 Å². The fourth-order valence-electron chi connectivity index (χ4n) is 4.97. The van der Waals surface area contributed by atoms with Gasteiger partial charge in [-0.15, -0.1) is 0 Å². The summed E-state index contributed by atoms with van der Waals surface area (Å²) in [5.74, 6) is -3.93. The van der Waals surface area contributed by atoms with Crippen molar-refractivity contribution in [3.63, 3.8) is 0 Å². The molecule has 0 bridgehead atoms. The summed E-state index contributed by atoms with van der Waals surface area (Å²) >= 11 is 5.96. The largest absolute Gasteiger partial charge is 0.462 e. The van der Waals surface area contributed by atoms with E-state index >= 15 is 0 Å². The van der Waals surface area contributed by atoms with Crippen molar-refractivity contribution in [3.05, 3.63) is 51.3 Å². The summed E-state index contributed by atoms with van der Waals surface area (Å²) in [7, 11) is 0. The maximum atomic E-state index is 13.6. The van der Waals surface area contributed by atoms with Crippen LogP contribution in [0, 0.1) is 11.3 Å². The Balaban J connectivity index is 1.47. The van der Waals surface area contributed by atoms with E-state index in [1.165, 1.54) is 12.1 Å². The first-order chi connectivity index (χ1) is 17.0. The molecule has 0 aliphatic carbocycles. The van der Waals surface area contributed by atoms with Crippen LogP contribution in [0.5, 0.6) is 0 Å². The van der Waals surface area contributed by atoms with Crippen LogP contribution >= 0.6 is 11.6 Å². The number of fused-ring (bicyclic) bond motifs is 1. The van der Waals surface area contributed by atoms with E-state index in [0.29, 0.717) is 38.3 Å². The summed E-state index contributed by atoms with van der Waals surface area (Å²) in [5, 5.41) is 7.67. The normalized spacial score (nSPS) is 18.3. The van der Waals surface area contributed by atoms with Gasteiger partial charge in [-0.3, -0.25) is 9.48 Å². The topological polar surface area (TPSA) is 82.5 Å². The number of carbonyl (C=O) groups is 2. The van der Waals surface area contributed by atoms with Crippen LogP contribution in [0.2, 0.25) is 5.02 Å². The smallest absolute Gasteiger partial charge is 0.338 e. The zero-order chi connectivity index (χ0) is 26.1. The average molecular weight is 524 g/mol.